The number of carboxylic acids is 1. The second kappa shape index (κ2) is 5.90. The molecule has 2 aromatic rings. The number of hydrogen-bond acceptors (Lipinski definition) is 5. The number of ether oxygens (including phenoxy) is 1. The number of aryl methyl sites for hydroxylation is 1. The van der Waals surface area contributed by atoms with Crippen LogP contribution in [0.5, 0.6) is 0 Å². The van der Waals surface area contributed by atoms with Gasteiger partial charge in [-0.1, -0.05) is 35.6 Å². The fourth-order valence-electron chi connectivity index (χ4n) is 1.69. The number of rotatable bonds is 5. The van der Waals surface area contributed by atoms with Crippen LogP contribution in [0.25, 0.3) is 10.6 Å². The summed E-state index contributed by atoms with van der Waals surface area (Å²) >= 11 is 1.50. The summed E-state index contributed by atoms with van der Waals surface area (Å²) in [5, 5.41) is 18.8. The first-order valence-corrected chi connectivity index (χ1v) is 6.68. The Morgan fingerprint density at radius 3 is 2.53 bits per heavy atom. The third-order valence-electron chi connectivity index (χ3n) is 2.54. The molecule has 100 valence electrons. The van der Waals surface area contributed by atoms with Crippen LogP contribution >= 0.6 is 11.3 Å². The van der Waals surface area contributed by atoms with Gasteiger partial charge in [0, 0.05) is 12.2 Å². The minimum absolute atomic E-state index is 0.355. The summed E-state index contributed by atoms with van der Waals surface area (Å²) in [7, 11) is 0. The number of aliphatic carboxylic acids is 1. The fraction of sp³-hybridized carbons (Fsp3) is 0.308. The van der Waals surface area contributed by atoms with Crippen molar-refractivity contribution >= 4 is 17.3 Å². The first-order chi connectivity index (χ1) is 9.11. The maximum absolute atomic E-state index is 11.1. The smallest absolute Gasteiger partial charge is 0.337 e. The normalized spacial score (nSPS) is 12.3. The lowest BCUT2D eigenvalue weighted by molar-refractivity contribution is -0.150. The minimum atomic E-state index is -0.985. The highest BCUT2D eigenvalue weighted by atomic mass is 32.1. The molecule has 0 spiro atoms. The molecule has 1 unspecified atom stereocenters. The van der Waals surface area contributed by atoms with Crippen LogP contribution in [0, 0.1) is 6.92 Å². The van der Waals surface area contributed by atoms with Crippen LogP contribution in [0.4, 0.5) is 0 Å². The molecule has 1 N–H and O–H groups in total. The maximum Gasteiger partial charge on any atom is 0.337 e. The number of nitrogens with zero attached hydrogens (tertiary/aromatic N) is 2. The van der Waals surface area contributed by atoms with Crippen molar-refractivity contribution in [3.63, 3.8) is 0 Å². The Labute approximate surface area is 114 Å². The predicted molar refractivity (Wildman–Crippen MR) is 72.1 cm³/mol. The largest absolute Gasteiger partial charge is 0.479 e. The minimum Gasteiger partial charge on any atom is -0.479 e. The van der Waals surface area contributed by atoms with Crippen molar-refractivity contribution < 1.29 is 14.6 Å². The third-order valence-corrected chi connectivity index (χ3v) is 3.43. The zero-order valence-corrected chi connectivity index (χ0v) is 11.5. The summed E-state index contributed by atoms with van der Waals surface area (Å²) in [6.45, 7) is 4.02. The highest BCUT2D eigenvalue weighted by molar-refractivity contribution is 7.14. The first-order valence-electron chi connectivity index (χ1n) is 5.86. The van der Waals surface area contributed by atoms with Gasteiger partial charge in [-0.15, -0.1) is 10.2 Å². The Kier molecular flexibility index (Phi) is 4.24. The van der Waals surface area contributed by atoms with E-state index in [0.717, 1.165) is 15.6 Å². The molecule has 0 saturated carbocycles. The summed E-state index contributed by atoms with van der Waals surface area (Å²) in [6, 6.07) is 7.18. The zero-order chi connectivity index (χ0) is 13.8. The highest BCUT2D eigenvalue weighted by Crippen LogP contribution is 2.25. The predicted octanol–water partition coefficient (Wildman–Crippen LogP) is 2.68. The van der Waals surface area contributed by atoms with Crippen LogP contribution in [0.15, 0.2) is 24.3 Å². The molecule has 6 heteroatoms. The van der Waals surface area contributed by atoms with Crippen LogP contribution in [-0.4, -0.2) is 27.9 Å². The monoisotopic (exact) mass is 278 g/mol. The molecule has 0 amide bonds. The van der Waals surface area contributed by atoms with Crippen molar-refractivity contribution in [1.29, 1.82) is 0 Å². The molecule has 1 aromatic carbocycles. The van der Waals surface area contributed by atoms with E-state index in [9.17, 15) is 4.79 Å². The van der Waals surface area contributed by atoms with E-state index in [1.165, 1.54) is 11.3 Å². The van der Waals surface area contributed by atoms with Crippen LogP contribution in [0.1, 0.15) is 23.6 Å². The lowest BCUT2D eigenvalue weighted by Gasteiger charge is -2.12. The quantitative estimate of drug-likeness (QED) is 0.910. The molecule has 1 atom stereocenters. The van der Waals surface area contributed by atoms with E-state index in [4.69, 9.17) is 9.84 Å². The Balaban J connectivity index is 2.24. The fourth-order valence-corrected chi connectivity index (χ4v) is 2.39. The summed E-state index contributed by atoms with van der Waals surface area (Å²) in [5.74, 6) is -0.985. The van der Waals surface area contributed by atoms with Crippen molar-refractivity contribution in [2.24, 2.45) is 0 Å². The molecule has 19 heavy (non-hydrogen) atoms. The SMILES string of the molecule is CCOC(C(=O)O)c1ccc(-c2nnc(C)s2)cc1. The number of carboxylic acid groups (broad SMARTS) is 1. The molecule has 0 aliphatic carbocycles. The maximum atomic E-state index is 11.1. The van der Waals surface area contributed by atoms with Gasteiger partial charge in [-0.3, -0.25) is 0 Å². The van der Waals surface area contributed by atoms with Gasteiger partial charge < -0.3 is 9.84 Å². The van der Waals surface area contributed by atoms with E-state index in [1.54, 1.807) is 19.1 Å². The molecule has 0 fully saturated rings. The topological polar surface area (TPSA) is 72.3 Å². The summed E-state index contributed by atoms with van der Waals surface area (Å²) in [4.78, 5) is 11.1. The van der Waals surface area contributed by atoms with Gasteiger partial charge >= 0.3 is 5.97 Å². The molecule has 2 rings (SSSR count). The average Bonchev–Trinajstić information content (AvgIpc) is 2.82. The lowest BCUT2D eigenvalue weighted by atomic mass is 10.1. The van der Waals surface area contributed by atoms with Crippen molar-refractivity contribution in [3.8, 4) is 10.6 Å². The van der Waals surface area contributed by atoms with Gasteiger partial charge in [0.2, 0.25) is 0 Å². The van der Waals surface area contributed by atoms with Crippen LogP contribution in [-0.2, 0) is 9.53 Å². The van der Waals surface area contributed by atoms with Gasteiger partial charge in [-0.2, -0.15) is 0 Å². The van der Waals surface area contributed by atoms with Crippen LogP contribution in [0.2, 0.25) is 0 Å². The summed E-state index contributed by atoms with van der Waals surface area (Å²) in [6.07, 6.45) is -0.921. The summed E-state index contributed by atoms with van der Waals surface area (Å²) < 4.78 is 5.21. The Morgan fingerprint density at radius 2 is 2.05 bits per heavy atom. The Hall–Kier alpha value is -1.79. The van der Waals surface area contributed by atoms with Gasteiger partial charge in [-0.05, 0) is 19.4 Å². The molecular weight excluding hydrogens is 264 g/mol. The zero-order valence-electron chi connectivity index (χ0n) is 10.7. The van der Waals surface area contributed by atoms with Crippen molar-refractivity contribution in [2.75, 3.05) is 6.61 Å². The molecule has 0 bridgehead atoms. The van der Waals surface area contributed by atoms with Crippen LogP contribution < -0.4 is 0 Å². The van der Waals surface area contributed by atoms with E-state index >= 15 is 0 Å². The van der Waals surface area contributed by atoms with E-state index in [0.29, 0.717) is 12.2 Å². The second-order valence-electron chi connectivity index (χ2n) is 3.92. The van der Waals surface area contributed by atoms with Crippen molar-refractivity contribution in [2.45, 2.75) is 20.0 Å². The summed E-state index contributed by atoms with van der Waals surface area (Å²) in [5.41, 5.74) is 1.55. The lowest BCUT2D eigenvalue weighted by Crippen LogP contribution is -2.15. The van der Waals surface area contributed by atoms with E-state index in [2.05, 4.69) is 10.2 Å². The standard InChI is InChI=1S/C13H14N2O3S/c1-3-18-11(13(16)17)9-4-6-10(7-5-9)12-15-14-8(2)19-12/h4-7,11H,3H2,1-2H3,(H,16,17). The number of hydrogen-bond donors (Lipinski definition) is 1. The van der Waals surface area contributed by atoms with Gasteiger partial charge in [-0.25, -0.2) is 4.79 Å². The van der Waals surface area contributed by atoms with Gasteiger partial charge in [0.15, 0.2) is 6.10 Å². The number of aromatic nitrogens is 2. The molecule has 5 nitrogen and oxygen atoms in total. The first kappa shape index (κ1) is 13.6. The molecular formula is C13H14N2O3S. The van der Waals surface area contributed by atoms with Gasteiger partial charge in [0.05, 0.1) is 0 Å². The van der Waals surface area contributed by atoms with Crippen molar-refractivity contribution in [3.05, 3.63) is 34.8 Å². The molecule has 1 heterocycles. The molecule has 0 aliphatic heterocycles. The molecule has 1 aromatic heterocycles. The van der Waals surface area contributed by atoms with E-state index in [-0.39, 0.29) is 0 Å². The number of carbonyl (C=O) groups is 1. The van der Waals surface area contributed by atoms with Gasteiger partial charge in [0.25, 0.3) is 0 Å². The molecule has 0 radical (unpaired) electrons. The second-order valence-corrected chi connectivity index (χ2v) is 5.10. The number of benzene rings is 1. The van der Waals surface area contributed by atoms with E-state index in [1.807, 2.05) is 19.1 Å². The Morgan fingerprint density at radius 1 is 1.37 bits per heavy atom. The average molecular weight is 278 g/mol. The third kappa shape index (κ3) is 3.15. The molecule has 0 aliphatic rings. The van der Waals surface area contributed by atoms with Crippen LogP contribution in [0.3, 0.4) is 0 Å². The van der Waals surface area contributed by atoms with E-state index < -0.39 is 12.1 Å². The highest BCUT2D eigenvalue weighted by Gasteiger charge is 2.19. The van der Waals surface area contributed by atoms with Crippen molar-refractivity contribution in [1.82, 2.24) is 10.2 Å². The van der Waals surface area contributed by atoms with Gasteiger partial charge in [0.1, 0.15) is 10.0 Å². The molecule has 0 saturated heterocycles. The Bertz CT molecular complexity index is 566.